The van der Waals surface area contributed by atoms with E-state index in [4.69, 9.17) is 4.74 Å². The average molecular weight is 302 g/mol. The van der Waals surface area contributed by atoms with Crippen molar-refractivity contribution in [2.45, 2.75) is 19.4 Å². The van der Waals surface area contributed by atoms with Gasteiger partial charge in [-0.25, -0.2) is 0 Å². The van der Waals surface area contributed by atoms with Crippen LogP contribution in [0.5, 0.6) is 0 Å². The molecular formula is C15H18N4O3. The highest BCUT2D eigenvalue weighted by atomic mass is 16.5. The van der Waals surface area contributed by atoms with Crippen LogP contribution in [0.2, 0.25) is 0 Å². The average Bonchev–Trinajstić information content (AvgIpc) is 3.10. The van der Waals surface area contributed by atoms with Crippen molar-refractivity contribution in [2.24, 2.45) is 5.92 Å². The van der Waals surface area contributed by atoms with E-state index in [9.17, 15) is 9.59 Å². The Balaban J connectivity index is 1.80. The van der Waals surface area contributed by atoms with Crippen LogP contribution in [0.4, 0.5) is 0 Å². The van der Waals surface area contributed by atoms with Crippen molar-refractivity contribution in [3.05, 3.63) is 24.3 Å². The normalized spacial score (nSPS) is 19.8. The molecular weight excluding hydrogens is 284 g/mol. The Labute approximate surface area is 127 Å². The van der Waals surface area contributed by atoms with E-state index in [1.54, 1.807) is 24.1 Å². The van der Waals surface area contributed by atoms with Gasteiger partial charge in [-0.1, -0.05) is 17.3 Å². The Morgan fingerprint density at radius 1 is 1.45 bits per heavy atom. The van der Waals surface area contributed by atoms with Gasteiger partial charge < -0.3 is 9.64 Å². The molecule has 7 heteroatoms. The standard InChI is InChI=1S/C15H18N4O3/c1-10(9-22-2)18-8-11(7-14(18)20)15(21)19-13-6-4-3-5-12(13)16-17-19/h3-6,10-11H,7-9H2,1-2H3/t10-,11-/m0/s1. The van der Waals surface area contributed by atoms with Crippen molar-refractivity contribution in [3.63, 3.8) is 0 Å². The van der Waals surface area contributed by atoms with Crippen molar-refractivity contribution >= 4 is 22.8 Å². The summed E-state index contributed by atoms with van der Waals surface area (Å²) in [5, 5.41) is 7.92. The summed E-state index contributed by atoms with van der Waals surface area (Å²) in [5.74, 6) is -0.599. The highest BCUT2D eigenvalue weighted by Crippen LogP contribution is 2.23. The van der Waals surface area contributed by atoms with Gasteiger partial charge in [-0.2, -0.15) is 4.68 Å². The van der Waals surface area contributed by atoms with Crippen LogP contribution in [-0.4, -0.2) is 58.0 Å². The summed E-state index contributed by atoms with van der Waals surface area (Å²) >= 11 is 0. The third kappa shape index (κ3) is 2.48. The summed E-state index contributed by atoms with van der Waals surface area (Å²) in [5.41, 5.74) is 1.34. The van der Waals surface area contributed by atoms with E-state index in [1.165, 1.54) is 4.68 Å². The van der Waals surface area contributed by atoms with Crippen LogP contribution in [0.1, 0.15) is 18.1 Å². The zero-order chi connectivity index (χ0) is 15.7. The number of amides is 1. The van der Waals surface area contributed by atoms with E-state index in [0.717, 1.165) is 0 Å². The first-order chi connectivity index (χ1) is 10.6. The minimum atomic E-state index is -0.392. The largest absolute Gasteiger partial charge is 0.383 e. The smallest absolute Gasteiger partial charge is 0.254 e. The van der Waals surface area contributed by atoms with Gasteiger partial charge in [0, 0.05) is 20.1 Å². The lowest BCUT2D eigenvalue weighted by Gasteiger charge is -2.23. The minimum Gasteiger partial charge on any atom is -0.383 e. The Kier molecular flexibility index (Phi) is 3.89. The molecule has 0 aliphatic carbocycles. The number of benzene rings is 1. The Morgan fingerprint density at radius 2 is 2.23 bits per heavy atom. The molecule has 0 spiro atoms. The maximum Gasteiger partial charge on any atom is 0.254 e. The van der Waals surface area contributed by atoms with Crippen LogP contribution in [0, 0.1) is 5.92 Å². The molecule has 2 aromatic rings. The molecule has 0 unspecified atom stereocenters. The molecule has 3 rings (SSSR count). The number of nitrogens with zero attached hydrogens (tertiary/aromatic N) is 4. The van der Waals surface area contributed by atoms with Crippen LogP contribution >= 0.6 is 0 Å². The van der Waals surface area contributed by atoms with Crippen LogP contribution in [0.25, 0.3) is 11.0 Å². The fourth-order valence-corrected chi connectivity index (χ4v) is 2.86. The van der Waals surface area contributed by atoms with Crippen molar-refractivity contribution in [1.29, 1.82) is 0 Å². The molecule has 7 nitrogen and oxygen atoms in total. The van der Waals surface area contributed by atoms with Gasteiger partial charge in [-0.3, -0.25) is 9.59 Å². The van der Waals surface area contributed by atoms with Gasteiger partial charge >= 0.3 is 0 Å². The molecule has 0 bridgehead atoms. The number of carbonyl (C=O) groups is 2. The lowest BCUT2D eigenvalue weighted by Crippen LogP contribution is -2.38. The second kappa shape index (κ2) is 5.84. The number of ether oxygens (including phenoxy) is 1. The van der Waals surface area contributed by atoms with Gasteiger partial charge in [-0.05, 0) is 19.1 Å². The summed E-state index contributed by atoms with van der Waals surface area (Å²) in [6.07, 6.45) is 0.209. The summed E-state index contributed by atoms with van der Waals surface area (Å²) in [4.78, 5) is 26.5. The van der Waals surface area contributed by atoms with E-state index in [0.29, 0.717) is 24.2 Å². The molecule has 1 aliphatic rings. The summed E-state index contributed by atoms with van der Waals surface area (Å²) in [6, 6.07) is 7.25. The van der Waals surface area contributed by atoms with Crippen molar-refractivity contribution in [3.8, 4) is 0 Å². The Morgan fingerprint density at radius 3 is 3.00 bits per heavy atom. The van der Waals surface area contributed by atoms with Crippen molar-refractivity contribution in [1.82, 2.24) is 19.9 Å². The van der Waals surface area contributed by atoms with Crippen LogP contribution in [-0.2, 0) is 9.53 Å². The summed E-state index contributed by atoms with van der Waals surface area (Å²) in [7, 11) is 1.60. The minimum absolute atomic E-state index is 0.0210. The van der Waals surface area contributed by atoms with Crippen molar-refractivity contribution in [2.75, 3.05) is 20.3 Å². The maximum atomic E-state index is 12.6. The monoisotopic (exact) mass is 302 g/mol. The van der Waals surface area contributed by atoms with Crippen LogP contribution in [0.3, 0.4) is 0 Å². The number of para-hydroxylation sites is 1. The molecule has 1 aliphatic heterocycles. The van der Waals surface area contributed by atoms with Gasteiger partial charge in [0.15, 0.2) is 0 Å². The number of carbonyl (C=O) groups excluding carboxylic acids is 2. The van der Waals surface area contributed by atoms with Gasteiger partial charge in [0.05, 0.1) is 24.1 Å². The third-order valence-electron chi connectivity index (χ3n) is 4.01. The first kappa shape index (κ1) is 14.6. The van der Waals surface area contributed by atoms with E-state index in [2.05, 4.69) is 10.3 Å². The fraction of sp³-hybridized carbons (Fsp3) is 0.467. The molecule has 1 saturated heterocycles. The van der Waals surface area contributed by atoms with E-state index in [-0.39, 0.29) is 24.3 Å². The van der Waals surface area contributed by atoms with Gasteiger partial charge in [0.1, 0.15) is 5.52 Å². The predicted molar refractivity (Wildman–Crippen MR) is 79.3 cm³/mol. The number of hydrogen-bond acceptors (Lipinski definition) is 5. The zero-order valence-electron chi connectivity index (χ0n) is 12.6. The maximum absolute atomic E-state index is 12.6. The Hall–Kier alpha value is -2.28. The second-order valence-corrected chi connectivity index (χ2v) is 5.58. The molecule has 0 saturated carbocycles. The van der Waals surface area contributed by atoms with Gasteiger partial charge in [0.25, 0.3) is 5.91 Å². The Bertz CT molecular complexity index is 712. The number of fused-ring (bicyclic) bond motifs is 1. The van der Waals surface area contributed by atoms with E-state index >= 15 is 0 Å². The lowest BCUT2D eigenvalue weighted by atomic mass is 10.1. The highest BCUT2D eigenvalue weighted by Gasteiger charge is 2.37. The molecule has 1 fully saturated rings. The molecule has 0 N–H and O–H groups in total. The fourth-order valence-electron chi connectivity index (χ4n) is 2.86. The molecule has 1 aromatic carbocycles. The zero-order valence-corrected chi connectivity index (χ0v) is 12.6. The highest BCUT2D eigenvalue weighted by molar-refractivity contribution is 5.94. The number of aromatic nitrogens is 3. The molecule has 116 valence electrons. The molecule has 22 heavy (non-hydrogen) atoms. The second-order valence-electron chi connectivity index (χ2n) is 5.58. The predicted octanol–water partition coefficient (Wildman–Crippen LogP) is 0.955. The summed E-state index contributed by atoms with van der Waals surface area (Å²) < 4.78 is 6.39. The number of hydrogen-bond donors (Lipinski definition) is 0. The SMILES string of the molecule is COC[C@H](C)N1C[C@@H](C(=O)n2nnc3ccccc32)CC1=O. The van der Waals surface area contributed by atoms with E-state index in [1.807, 2.05) is 19.1 Å². The summed E-state index contributed by atoms with van der Waals surface area (Å²) in [6.45, 7) is 2.77. The van der Waals surface area contributed by atoms with Gasteiger partial charge in [0.2, 0.25) is 5.91 Å². The molecule has 2 atom stereocenters. The van der Waals surface area contributed by atoms with E-state index < -0.39 is 5.92 Å². The third-order valence-corrected chi connectivity index (χ3v) is 4.01. The van der Waals surface area contributed by atoms with Crippen molar-refractivity contribution < 1.29 is 14.3 Å². The van der Waals surface area contributed by atoms with Gasteiger partial charge in [-0.15, -0.1) is 5.10 Å². The van der Waals surface area contributed by atoms with Crippen LogP contribution < -0.4 is 0 Å². The topological polar surface area (TPSA) is 77.3 Å². The molecule has 0 radical (unpaired) electrons. The lowest BCUT2D eigenvalue weighted by molar-refractivity contribution is -0.130. The van der Waals surface area contributed by atoms with Crippen LogP contribution in [0.15, 0.2) is 24.3 Å². The number of likely N-dealkylation sites (tertiary alicyclic amines) is 1. The first-order valence-electron chi connectivity index (χ1n) is 7.25. The molecule has 2 heterocycles. The number of methoxy groups -OCH3 is 1. The number of rotatable bonds is 4. The molecule has 1 aromatic heterocycles. The first-order valence-corrected chi connectivity index (χ1v) is 7.25. The molecule has 1 amide bonds. The quantitative estimate of drug-likeness (QED) is 0.840.